The SMILES string of the molecule is C=CC[C@H](C1CCCCC1)N(NC(=O)OCc1ccccc1)C(=O)c1cc(C)cc(C)c1. The third-order valence-electron chi connectivity index (χ3n) is 6.05. The zero-order chi connectivity index (χ0) is 22.9. The first-order valence-corrected chi connectivity index (χ1v) is 11.5. The first-order valence-electron chi connectivity index (χ1n) is 11.5. The van der Waals surface area contributed by atoms with Crippen molar-refractivity contribution < 1.29 is 14.3 Å². The molecule has 170 valence electrons. The van der Waals surface area contributed by atoms with Crippen LogP contribution < -0.4 is 5.43 Å². The minimum absolute atomic E-state index is 0.147. The fourth-order valence-corrected chi connectivity index (χ4v) is 4.57. The van der Waals surface area contributed by atoms with Crippen LogP contribution in [0.25, 0.3) is 0 Å². The van der Waals surface area contributed by atoms with Crippen molar-refractivity contribution in [1.82, 2.24) is 10.4 Å². The van der Waals surface area contributed by atoms with E-state index in [2.05, 4.69) is 12.0 Å². The van der Waals surface area contributed by atoms with Gasteiger partial charge in [-0.2, -0.15) is 0 Å². The van der Waals surface area contributed by atoms with Crippen LogP contribution in [0.5, 0.6) is 0 Å². The molecule has 0 aromatic heterocycles. The largest absolute Gasteiger partial charge is 0.443 e. The third-order valence-corrected chi connectivity index (χ3v) is 6.05. The second-order valence-electron chi connectivity index (χ2n) is 8.71. The lowest BCUT2D eigenvalue weighted by molar-refractivity contribution is 0.0341. The molecule has 2 aromatic carbocycles. The lowest BCUT2D eigenvalue weighted by Gasteiger charge is -2.38. The molecular weight excluding hydrogens is 400 g/mol. The van der Waals surface area contributed by atoms with Crippen molar-refractivity contribution in [2.24, 2.45) is 5.92 Å². The van der Waals surface area contributed by atoms with E-state index in [1.54, 1.807) is 0 Å². The van der Waals surface area contributed by atoms with E-state index in [4.69, 9.17) is 4.74 Å². The summed E-state index contributed by atoms with van der Waals surface area (Å²) in [5.74, 6) is 0.0944. The maximum absolute atomic E-state index is 13.6. The van der Waals surface area contributed by atoms with Crippen LogP contribution in [-0.2, 0) is 11.3 Å². The molecule has 1 N–H and O–H groups in total. The van der Waals surface area contributed by atoms with Crippen LogP contribution in [0.3, 0.4) is 0 Å². The molecule has 5 heteroatoms. The number of hydrogen-bond donors (Lipinski definition) is 1. The summed E-state index contributed by atoms with van der Waals surface area (Å²) < 4.78 is 5.44. The number of benzene rings is 2. The summed E-state index contributed by atoms with van der Waals surface area (Å²) in [6.07, 6.45) is 7.39. The molecule has 1 aliphatic carbocycles. The fourth-order valence-electron chi connectivity index (χ4n) is 4.57. The first kappa shape index (κ1) is 23.6. The van der Waals surface area contributed by atoms with E-state index >= 15 is 0 Å². The molecule has 3 rings (SSSR count). The molecule has 32 heavy (non-hydrogen) atoms. The molecule has 2 amide bonds. The maximum atomic E-state index is 13.6. The zero-order valence-corrected chi connectivity index (χ0v) is 19.2. The van der Waals surface area contributed by atoms with E-state index in [0.717, 1.165) is 42.4 Å². The molecule has 0 bridgehead atoms. The first-order chi connectivity index (χ1) is 15.5. The molecule has 0 aliphatic heterocycles. The Morgan fingerprint density at radius 2 is 1.75 bits per heavy atom. The summed E-state index contributed by atoms with van der Waals surface area (Å²) in [5, 5.41) is 1.50. The minimum Gasteiger partial charge on any atom is -0.443 e. The normalized spacial score (nSPS) is 14.9. The highest BCUT2D eigenvalue weighted by atomic mass is 16.6. The average Bonchev–Trinajstić information content (AvgIpc) is 2.80. The van der Waals surface area contributed by atoms with Gasteiger partial charge in [0.25, 0.3) is 5.91 Å². The van der Waals surface area contributed by atoms with Crippen molar-refractivity contribution >= 4 is 12.0 Å². The standard InChI is InChI=1S/C27H34N2O3/c1-4-11-25(23-14-9-6-10-15-23)29(26(30)24-17-20(2)16-21(3)18-24)28-27(31)32-19-22-12-7-5-8-13-22/h4-5,7-8,12-13,16-18,23,25H,1,6,9-11,14-15,19H2,2-3H3,(H,28,31)/t25-/m1/s1. The van der Waals surface area contributed by atoms with E-state index < -0.39 is 6.09 Å². The molecule has 1 atom stereocenters. The molecule has 1 fully saturated rings. The number of nitrogens with one attached hydrogen (secondary N) is 1. The van der Waals surface area contributed by atoms with E-state index in [-0.39, 0.29) is 18.6 Å². The Morgan fingerprint density at radius 1 is 1.09 bits per heavy atom. The Hall–Kier alpha value is -3.08. The number of hydrogen-bond acceptors (Lipinski definition) is 3. The highest BCUT2D eigenvalue weighted by Crippen LogP contribution is 2.31. The van der Waals surface area contributed by atoms with Gasteiger partial charge in [-0.25, -0.2) is 15.2 Å². The lowest BCUT2D eigenvalue weighted by Crippen LogP contribution is -2.54. The van der Waals surface area contributed by atoms with Crippen molar-refractivity contribution in [3.8, 4) is 0 Å². The van der Waals surface area contributed by atoms with Gasteiger partial charge in [0.05, 0.1) is 6.04 Å². The molecule has 0 saturated heterocycles. The van der Waals surface area contributed by atoms with Gasteiger partial charge in [-0.05, 0) is 56.7 Å². The van der Waals surface area contributed by atoms with Crippen LogP contribution in [0.15, 0.2) is 61.2 Å². The Bertz CT molecular complexity index is 900. The van der Waals surface area contributed by atoms with Crippen molar-refractivity contribution in [2.45, 2.75) is 65.0 Å². The van der Waals surface area contributed by atoms with Gasteiger partial charge in [0.15, 0.2) is 0 Å². The van der Waals surface area contributed by atoms with Crippen LogP contribution in [0.2, 0.25) is 0 Å². The number of amides is 2. The lowest BCUT2D eigenvalue weighted by atomic mass is 9.82. The van der Waals surface area contributed by atoms with E-state index in [1.165, 1.54) is 11.4 Å². The molecule has 0 unspecified atom stereocenters. The quantitative estimate of drug-likeness (QED) is 0.422. The Morgan fingerprint density at radius 3 is 2.38 bits per heavy atom. The van der Waals surface area contributed by atoms with Crippen molar-refractivity contribution in [2.75, 3.05) is 0 Å². The number of rotatable bonds is 7. The molecule has 5 nitrogen and oxygen atoms in total. The minimum atomic E-state index is -0.628. The van der Waals surface area contributed by atoms with Gasteiger partial charge >= 0.3 is 6.09 Å². The second-order valence-corrected chi connectivity index (χ2v) is 8.71. The average molecular weight is 435 g/mol. The topological polar surface area (TPSA) is 58.6 Å². The number of carbonyl (C=O) groups excluding carboxylic acids is 2. The van der Waals surface area contributed by atoms with E-state index in [1.807, 2.05) is 68.5 Å². The van der Waals surface area contributed by atoms with Crippen molar-refractivity contribution in [3.05, 3.63) is 83.4 Å². The van der Waals surface area contributed by atoms with Gasteiger partial charge in [-0.1, -0.05) is 72.9 Å². The second kappa shape index (κ2) is 11.5. The van der Waals surface area contributed by atoms with Gasteiger partial charge in [0.1, 0.15) is 6.61 Å². The van der Waals surface area contributed by atoms with Crippen LogP contribution in [0.4, 0.5) is 4.79 Å². The molecule has 0 heterocycles. The highest BCUT2D eigenvalue weighted by molar-refractivity contribution is 5.95. The fraction of sp³-hybridized carbons (Fsp3) is 0.407. The molecule has 0 radical (unpaired) electrons. The number of aryl methyl sites for hydroxylation is 2. The van der Waals surface area contributed by atoms with Gasteiger partial charge in [-0.3, -0.25) is 4.79 Å². The summed E-state index contributed by atoms with van der Waals surface area (Å²) in [6.45, 7) is 8.00. The van der Waals surface area contributed by atoms with Gasteiger partial charge in [0.2, 0.25) is 0 Å². The van der Waals surface area contributed by atoms with Crippen LogP contribution in [0, 0.1) is 19.8 Å². The van der Waals surface area contributed by atoms with Crippen LogP contribution in [-0.4, -0.2) is 23.1 Å². The number of nitrogens with zero attached hydrogens (tertiary/aromatic N) is 1. The Labute approximate surface area is 191 Å². The van der Waals surface area contributed by atoms with Crippen LogP contribution in [0.1, 0.15) is 65.6 Å². The number of ether oxygens (including phenoxy) is 1. The molecule has 0 spiro atoms. The summed E-state index contributed by atoms with van der Waals surface area (Å²) in [4.78, 5) is 26.4. The zero-order valence-electron chi connectivity index (χ0n) is 19.2. The monoisotopic (exact) mass is 434 g/mol. The predicted molar refractivity (Wildman–Crippen MR) is 127 cm³/mol. The summed E-state index contributed by atoms with van der Waals surface area (Å²) in [6, 6.07) is 15.1. The van der Waals surface area contributed by atoms with Crippen molar-refractivity contribution in [3.63, 3.8) is 0 Å². The third kappa shape index (κ3) is 6.46. The Balaban J connectivity index is 1.83. The summed E-state index contributed by atoms with van der Waals surface area (Å²) >= 11 is 0. The van der Waals surface area contributed by atoms with E-state index in [9.17, 15) is 9.59 Å². The summed E-state index contributed by atoms with van der Waals surface area (Å²) in [5.41, 5.74) is 6.26. The molecule has 2 aromatic rings. The van der Waals surface area contributed by atoms with Gasteiger partial charge in [-0.15, -0.1) is 6.58 Å². The summed E-state index contributed by atoms with van der Waals surface area (Å²) in [7, 11) is 0. The Kier molecular flexibility index (Phi) is 8.48. The number of hydrazine groups is 1. The van der Waals surface area contributed by atoms with Crippen LogP contribution >= 0.6 is 0 Å². The van der Waals surface area contributed by atoms with Gasteiger partial charge < -0.3 is 4.74 Å². The molecular formula is C27H34N2O3. The molecule has 1 aliphatic rings. The smallest absolute Gasteiger partial charge is 0.426 e. The van der Waals surface area contributed by atoms with Crippen molar-refractivity contribution in [1.29, 1.82) is 0 Å². The van der Waals surface area contributed by atoms with E-state index in [0.29, 0.717) is 17.9 Å². The number of carbonyl (C=O) groups is 2. The maximum Gasteiger partial charge on any atom is 0.426 e. The molecule has 1 saturated carbocycles. The van der Waals surface area contributed by atoms with Gasteiger partial charge in [0, 0.05) is 5.56 Å². The predicted octanol–water partition coefficient (Wildman–Crippen LogP) is 6.11. The highest BCUT2D eigenvalue weighted by Gasteiger charge is 2.33.